The molecule has 0 radical (unpaired) electrons. The maximum Gasteiger partial charge on any atom is 0.161 e. The summed E-state index contributed by atoms with van der Waals surface area (Å²) in [4.78, 5) is 16.6. The molecular formula is C17H23FN2O. The van der Waals surface area contributed by atoms with E-state index in [1.54, 1.807) is 6.92 Å². The Hall–Kier alpha value is -1.42. The van der Waals surface area contributed by atoms with E-state index >= 15 is 0 Å². The van der Waals surface area contributed by atoms with Crippen LogP contribution in [0.3, 0.4) is 0 Å². The minimum atomic E-state index is -0.294. The van der Waals surface area contributed by atoms with Crippen LogP contribution < -0.4 is 4.90 Å². The number of fused-ring (bicyclic) bond motifs is 2. The predicted molar refractivity (Wildman–Crippen MR) is 82.5 cm³/mol. The summed E-state index contributed by atoms with van der Waals surface area (Å²) in [6, 6.07) is 4.44. The van der Waals surface area contributed by atoms with Crippen molar-refractivity contribution in [2.45, 2.75) is 45.2 Å². The van der Waals surface area contributed by atoms with Crippen LogP contribution in [0.4, 0.5) is 10.1 Å². The van der Waals surface area contributed by atoms with E-state index in [1.807, 2.05) is 6.07 Å². The third kappa shape index (κ3) is 2.57. The first-order valence-corrected chi connectivity index (χ1v) is 7.75. The summed E-state index contributed by atoms with van der Waals surface area (Å²) < 4.78 is 13.8. The van der Waals surface area contributed by atoms with Gasteiger partial charge in [-0.25, -0.2) is 4.39 Å². The fourth-order valence-electron chi connectivity index (χ4n) is 3.74. The molecule has 2 fully saturated rings. The van der Waals surface area contributed by atoms with E-state index in [-0.39, 0.29) is 11.6 Å². The Labute approximate surface area is 125 Å². The first-order valence-electron chi connectivity index (χ1n) is 7.75. The van der Waals surface area contributed by atoms with Crippen molar-refractivity contribution in [3.05, 3.63) is 29.1 Å². The third-order valence-electron chi connectivity index (χ3n) is 5.15. The standard InChI is InChI=1S/C17H23FN2O/c1-11-8-17(15(12(2)21)9-16(11)18)20-7-6-13-4-5-14(10-20)19(13)3/h8-9,13-14H,4-7,10H2,1-3H3. The second-order valence-corrected chi connectivity index (χ2v) is 6.46. The maximum atomic E-state index is 13.8. The van der Waals surface area contributed by atoms with Gasteiger partial charge in [0.05, 0.1) is 0 Å². The van der Waals surface area contributed by atoms with Crippen molar-refractivity contribution in [1.29, 1.82) is 0 Å². The maximum absolute atomic E-state index is 13.8. The molecule has 0 spiro atoms. The van der Waals surface area contributed by atoms with Gasteiger partial charge in [0.15, 0.2) is 5.78 Å². The minimum absolute atomic E-state index is 0.0633. The Kier molecular flexibility index (Phi) is 3.74. The van der Waals surface area contributed by atoms with E-state index in [2.05, 4.69) is 16.8 Å². The SMILES string of the molecule is CC(=O)c1cc(F)c(C)cc1N1CCC2CCC(C1)N2C. The van der Waals surface area contributed by atoms with Crippen LogP contribution in [0.2, 0.25) is 0 Å². The molecule has 1 aromatic rings. The Morgan fingerprint density at radius 2 is 1.95 bits per heavy atom. The number of hydrogen-bond donors (Lipinski definition) is 0. The lowest BCUT2D eigenvalue weighted by Gasteiger charge is -2.29. The Bertz CT molecular complexity index is 572. The molecule has 3 nitrogen and oxygen atoms in total. The van der Waals surface area contributed by atoms with Crippen molar-refractivity contribution >= 4 is 11.5 Å². The van der Waals surface area contributed by atoms with Gasteiger partial charge in [-0.1, -0.05) is 0 Å². The zero-order chi connectivity index (χ0) is 15.1. The fourth-order valence-corrected chi connectivity index (χ4v) is 3.74. The average molecular weight is 290 g/mol. The molecule has 0 saturated carbocycles. The van der Waals surface area contributed by atoms with Crippen LogP contribution in [0.5, 0.6) is 0 Å². The number of halogens is 1. The molecule has 2 atom stereocenters. The summed E-state index contributed by atoms with van der Waals surface area (Å²) in [6.45, 7) is 5.15. The van der Waals surface area contributed by atoms with Gasteiger partial charge in [0.2, 0.25) is 0 Å². The summed E-state index contributed by atoms with van der Waals surface area (Å²) in [5.41, 5.74) is 2.03. The second-order valence-electron chi connectivity index (χ2n) is 6.46. The molecule has 2 bridgehead atoms. The molecule has 0 amide bonds. The quantitative estimate of drug-likeness (QED) is 0.782. The Balaban J connectivity index is 1.96. The largest absolute Gasteiger partial charge is 0.369 e. The number of aryl methyl sites for hydroxylation is 1. The predicted octanol–water partition coefficient (Wildman–Crippen LogP) is 3.01. The lowest BCUT2D eigenvalue weighted by atomic mass is 10.0. The molecule has 0 aromatic heterocycles. The molecule has 2 saturated heterocycles. The van der Waals surface area contributed by atoms with Gasteiger partial charge < -0.3 is 4.90 Å². The van der Waals surface area contributed by atoms with Crippen LogP contribution >= 0.6 is 0 Å². The third-order valence-corrected chi connectivity index (χ3v) is 5.15. The number of likely N-dealkylation sites (N-methyl/N-ethyl adjacent to an activating group) is 1. The summed E-state index contributed by atoms with van der Waals surface area (Å²) in [6.07, 6.45) is 3.60. The molecule has 114 valence electrons. The number of hydrogen-bond acceptors (Lipinski definition) is 3. The van der Waals surface area contributed by atoms with Gasteiger partial charge in [-0.05, 0) is 57.9 Å². The van der Waals surface area contributed by atoms with Crippen molar-refractivity contribution in [3.63, 3.8) is 0 Å². The van der Waals surface area contributed by atoms with Crippen LogP contribution in [-0.2, 0) is 0 Å². The highest BCUT2D eigenvalue weighted by Crippen LogP contribution is 2.33. The zero-order valence-corrected chi connectivity index (χ0v) is 13.0. The van der Waals surface area contributed by atoms with Crippen LogP contribution in [0.1, 0.15) is 42.1 Å². The highest BCUT2D eigenvalue weighted by Gasteiger charge is 2.35. The van der Waals surface area contributed by atoms with E-state index in [1.165, 1.54) is 25.8 Å². The molecule has 2 unspecified atom stereocenters. The summed E-state index contributed by atoms with van der Waals surface area (Å²) in [7, 11) is 2.20. The first-order chi connectivity index (χ1) is 9.97. The number of nitrogens with zero attached hydrogens (tertiary/aromatic N) is 2. The van der Waals surface area contributed by atoms with Crippen LogP contribution in [0.25, 0.3) is 0 Å². The first kappa shape index (κ1) is 14.5. The molecule has 2 aliphatic rings. The van der Waals surface area contributed by atoms with E-state index in [0.29, 0.717) is 23.2 Å². The molecule has 2 heterocycles. The number of Topliss-reactive ketones (excluding diaryl/α,β-unsaturated/α-hetero) is 1. The van der Waals surface area contributed by atoms with E-state index in [4.69, 9.17) is 0 Å². The zero-order valence-electron chi connectivity index (χ0n) is 13.0. The van der Waals surface area contributed by atoms with Crippen molar-refractivity contribution < 1.29 is 9.18 Å². The van der Waals surface area contributed by atoms with E-state index in [0.717, 1.165) is 25.2 Å². The summed E-state index contributed by atoms with van der Waals surface area (Å²) in [5.74, 6) is -0.357. The van der Waals surface area contributed by atoms with Crippen molar-refractivity contribution in [1.82, 2.24) is 4.90 Å². The van der Waals surface area contributed by atoms with Crippen molar-refractivity contribution in [2.75, 3.05) is 25.0 Å². The van der Waals surface area contributed by atoms with Crippen LogP contribution in [0, 0.1) is 12.7 Å². The molecule has 2 aliphatic heterocycles. The molecule has 3 rings (SSSR count). The number of anilines is 1. The minimum Gasteiger partial charge on any atom is -0.369 e. The van der Waals surface area contributed by atoms with Crippen LogP contribution in [-0.4, -0.2) is 42.9 Å². The van der Waals surface area contributed by atoms with Gasteiger partial charge in [-0.15, -0.1) is 0 Å². The molecule has 0 N–H and O–H groups in total. The number of ketones is 1. The van der Waals surface area contributed by atoms with Gasteiger partial charge in [-0.3, -0.25) is 9.69 Å². The van der Waals surface area contributed by atoms with Gasteiger partial charge in [0, 0.05) is 36.4 Å². The molecule has 4 heteroatoms. The molecular weight excluding hydrogens is 267 g/mol. The summed E-state index contributed by atoms with van der Waals surface area (Å²) >= 11 is 0. The monoisotopic (exact) mass is 290 g/mol. The van der Waals surface area contributed by atoms with Gasteiger partial charge >= 0.3 is 0 Å². The molecule has 21 heavy (non-hydrogen) atoms. The number of carbonyl (C=O) groups is 1. The lowest BCUT2D eigenvalue weighted by Crippen LogP contribution is -2.37. The average Bonchev–Trinajstić information content (AvgIpc) is 2.66. The lowest BCUT2D eigenvalue weighted by molar-refractivity contribution is 0.101. The fraction of sp³-hybridized carbons (Fsp3) is 0.588. The number of rotatable bonds is 2. The highest BCUT2D eigenvalue weighted by atomic mass is 19.1. The van der Waals surface area contributed by atoms with E-state index in [9.17, 15) is 9.18 Å². The molecule has 1 aromatic carbocycles. The van der Waals surface area contributed by atoms with Crippen LogP contribution in [0.15, 0.2) is 12.1 Å². The van der Waals surface area contributed by atoms with E-state index < -0.39 is 0 Å². The van der Waals surface area contributed by atoms with Gasteiger partial charge in [-0.2, -0.15) is 0 Å². The van der Waals surface area contributed by atoms with Crippen molar-refractivity contribution in [2.24, 2.45) is 0 Å². The van der Waals surface area contributed by atoms with Gasteiger partial charge in [0.25, 0.3) is 0 Å². The molecule has 0 aliphatic carbocycles. The normalized spacial score (nSPS) is 26.0. The Morgan fingerprint density at radius 3 is 2.67 bits per heavy atom. The number of benzene rings is 1. The highest BCUT2D eigenvalue weighted by molar-refractivity contribution is 6.00. The Morgan fingerprint density at radius 1 is 1.24 bits per heavy atom. The number of carbonyl (C=O) groups excluding carboxylic acids is 1. The smallest absolute Gasteiger partial charge is 0.161 e. The topological polar surface area (TPSA) is 23.6 Å². The summed E-state index contributed by atoms with van der Waals surface area (Å²) in [5, 5.41) is 0. The van der Waals surface area contributed by atoms with Crippen molar-refractivity contribution in [3.8, 4) is 0 Å². The van der Waals surface area contributed by atoms with Gasteiger partial charge in [0.1, 0.15) is 5.82 Å². The second kappa shape index (κ2) is 5.41.